The van der Waals surface area contributed by atoms with Crippen LogP contribution >= 0.6 is 0 Å². The Morgan fingerprint density at radius 1 is 1.00 bits per heavy atom. The lowest BCUT2D eigenvalue weighted by Gasteiger charge is -2.30. The number of aliphatic hydroxyl groups is 1. The first-order chi connectivity index (χ1) is 11.7. The average molecular weight is 326 g/mol. The van der Waals surface area contributed by atoms with Crippen LogP contribution in [0.3, 0.4) is 0 Å². The van der Waals surface area contributed by atoms with Crippen LogP contribution in [0.25, 0.3) is 10.8 Å². The monoisotopic (exact) mass is 326 g/mol. The van der Waals surface area contributed by atoms with E-state index < -0.39 is 11.8 Å². The summed E-state index contributed by atoms with van der Waals surface area (Å²) < 4.78 is 0. The number of rotatable bonds is 3. The van der Waals surface area contributed by atoms with E-state index in [0.717, 1.165) is 36.5 Å². The lowest BCUT2D eigenvalue weighted by Crippen LogP contribution is -2.47. The summed E-state index contributed by atoms with van der Waals surface area (Å²) in [6.07, 6.45) is 3.75. The van der Waals surface area contributed by atoms with Crippen molar-refractivity contribution in [1.29, 1.82) is 0 Å². The maximum atomic E-state index is 12.2. The number of hydrogen-bond acceptors (Lipinski definition) is 3. The fourth-order valence-corrected chi connectivity index (χ4v) is 3.36. The van der Waals surface area contributed by atoms with Gasteiger partial charge in [0.2, 0.25) is 0 Å². The number of benzene rings is 2. The molecule has 0 aromatic heterocycles. The Hall–Kier alpha value is -2.40. The molecule has 1 aliphatic rings. The summed E-state index contributed by atoms with van der Waals surface area (Å²) >= 11 is 0. The first-order valence-electron chi connectivity index (χ1n) is 8.39. The van der Waals surface area contributed by atoms with Crippen LogP contribution in [0, 0.1) is 5.92 Å². The number of carbonyl (C=O) groups is 2. The molecule has 0 saturated heterocycles. The van der Waals surface area contributed by atoms with Gasteiger partial charge in [-0.25, -0.2) is 0 Å². The smallest absolute Gasteiger partial charge is 0.313 e. The Balaban J connectivity index is 1.68. The number of amides is 2. The van der Waals surface area contributed by atoms with E-state index in [1.54, 1.807) is 6.07 Å². The largest absolute Gasteiger partial charge is 0.396 e. The number of anilines is 1. The van der Waals surface area contributed by atoms with Crippen molar-refractivity contribution in [3.63, 3.8) is 0 Å². The van der Waals surface area contributed by atoms with Crippen LogP contribution in [0.15, 0.2) is 42.5 Å². The molecule has 5 heteroatoms. The van der Waals surface area contributed by atoms with Crippen molar-refractivity contribution in [1.82, 2.24) is 5.32 Å². The average Bonchev–Trinajstić information content (AvgIpc) is 2.62. The molecule has 0 heterocycles. The van der Waals surface area contributed by atoms with Crippen molar-refractivity contribution in [2.75, 3.05) is 11.9 Å². The van der Waals surface area contributed by atoms with E-state index in [-0.39, 0.29) is 18.6 Å². The second-order valence-corrected chi connectivity index (χ2v) is 6.29. The SMILES string of the molecule is O=C(Nc1cccc2ccccc12)C(=O)NC1CCCCC1CO. The van der Waals surface area contributed by atoms with Gasteiger partial charge in [-0.1, -0.05) is 49.2 Å². The fourth-order valence-electron chi connectivity index (χ4n) is 3.36. The highest BCUT2D eigenvalue weighted by atomic mass is 16.3. The highest BCUT2D eigenvalue weighted by Gasteiger charge is 2.28. The lowest BCUT2D eigenvalue weighted by molar-refractivity contribution is -0.137. The maximum absolute atomic E-state index is 12.2. The van der Waals surface area contributed by atoms with Gasteiger partial charge in [0, 0.05) is 29.6 Å². The molecule has 126 valence electrons. The van der Waals surface area contributed by atoms with Crippen LogP contribution < -0.4 is 10.6 Å². The van der Waals surface area contributed by atoms with Crippen molar-refractivity contribution in [2.45, 2.75) is 31.7 Å². The van der Waals surface area contributed by atoms with E-state index in [2.05, 4.69) is 10.6 Å². The minimum atomic E-state index is -0.673. The molecule has 0 aliphatic heterocycles. The summed E-state index contributed by atoms with van der Waals surface area (Å²) in [5.74, 6) is -1.28. The molecule has 5 nitrogen and oxygen atoms in total. The minimum absolute atomic E-state index is 0.0352. The van der Waals surface area contributed by atoms with Gasteiger partial charge in [0.1, 0.15) is 0 Å². The Labute approximate surface area is 141 Å². The van der Waals surface area contributed by atoms with E-state index in [9.17, 15) is 14.7 Å². The van der Waals surface area contributed by atoms with Gasteiger partial charge in [-0.15, -0.1) is 0 Å². The van der Waals surface area contributed by atoms with Gasteiger partial charge in [-0.05, 0) is 24.3 Å². The van der Waals surface area contributed by atoms with Gasteiger partial charge in [-0.2, -0.15) is 0 Å². The standard InChI is InChI=1S/C19H22N2O3/c22-12-14-7-2-4-10-16(14)20-18(23)19(24)21-17-11-5-8-13-6-1-3-9-15(13)17/h1,3,5-6,8-9,11,14,16,22H,2,4,7,10,12H2,(H,20,23)(H,21,24). The maximum Gasteiger partial charge on any atom is 0.313 e. The van der Waals surface area contributed by atoms with Crippen LogP contribution in [0.4, 0.5) is 5.69 Å². The van der Waals surface area contributed by atoms with Crippen molar-refractivity contribution >= 4 is 28.3 Å². The van der Waals surface area contributed by atoms with Crippen LogP contribution in [0.5, 0.6) is 0 Å². The molecule has 24 heavy (non-hydrogen) atoms. The van der Waals surface area contributed by atoms with Gasteiger partial charge >= 0.3 is 11.8 Å². The molecule has 1 saturated carbocycles. The zero-order chi connectivity index (χ0) is 16.9. The molecule has 1 fully saturated rings. The molecule has 0 radical (unpaired) electrons. The third-order valence-electron chi connectivity index (χ3n) is 4.70. The normalized spacial score (nSPS) is 20.5. The second-order valence-electron chi connectivity index (χ2n) is 6.29. The Kier molecular flexibility index (Phi) is 5.11. The van der Waals surface area contributed by atoms with E-state index in [1.807, 2.05) is 36.4 Å². The van der Waals surface area contributed by atoms with Gasteiger partial charge < -0.3 is 15.7 Å². The number of carbonyl (C=O) groups excluding carboxylic acids is 2. The summed E-state index contributed by atoms with van der Waals surface area (Å²) in [6.45, 7) is 0.0376. The molecular weight excluding hydrogens is 304 g/mol. The summed E-state index contributed by atoms with van der Waals surface area (Å²) in [7, 11) is 0. The van der Waals surface area contributed by atoms with E-state index >= 15 is 0 Å². The molecule has 2 amide bonds. The number of nitrogens with one attached hydrogen (secondary N) is 2. The van der Waals surface area contributed by atoms with Gasteiger partial charge in [0.15, 0.2) is 0 Å². The van der Waals surface area contributed by atoms with Crippen molar-refractivity contribution in [3.8, 4) is 0 Å². The van der Waals surface area contributed by atoms with Crippen molar-refractivity contribution < 1.29 is 14.7 Å². The zero-order valence-corrected chi connectivity index (χ0v) is 13.5. The highest BCUT2D eigenvalue weighted by Crippen LogP contribution is 2.25. The zero-order valence-electron chi connectivity index (χ0n) is 13.5. The van der Waals surface area contributed by atoms with E-state index in [0.29, 0.717) is 5.69 Å². The van der Waals surface area contributed by atoms with Crippen LogP contribution in [-0.2, 0) is 9.59 Å². The number of aliphatic hydroxyl groups excluding tert-OH is 1. The topological polar surface area (TPSA) is 78.4 Å². The molecule has 0 bridgehead atoms. The predicted molar refractivity (Wildman–Crippen MR) is 93.6 cm³/mol. The quantitative estimate of drug-likeness (QED) is 0.758. The van der Waals surface area contributed by atoms with E-state index in [4.69, 9.17) is 0 Å². The Bertz CT molecular complexity index is 739. The minimum Gasteiger partial charge on any atom is -0.396 e. The third-order valence-corrected chi connectivity index (χ3v) is 4.70. The first kappa shape index (κ1) is 16.5. The predicted octanol–water partition coefficient (Wildman–Crippen LogP) is 2.45. The number of hydrogen-bond donors (Lipinski definition) is 3. The Morgan fingerprint density at radius 3 is 2.58 bits per heavy atom. The molecule has 2 aromatic rings. The van der Waals surface area contributed by atoms with Crippen LogP contribution in [0.2, 0.25) is 0 Å². The Morgan fingerprint density at radius 2 is 1.75 bits per heavy atom. The second kappa shape index (κ2) is 7.45. The highest BCUT2D eigenvalue weighted by molar-refractivity contribution is 6.40. The molecular formula is C19H22N2O3. The lowest BCUT2D eigenvalue weighted by atomic mass is 9.85. The summed E-state index contributed by atoms with van der Waals surface area (Å²) in [5, 5.41) is 16.8. The molecule has 3 rings (SSSR count). The van der Waals surface area contributed by atoms with Crippen molar-refractivity contribution in [2.24, 2.45) is 5.92 Å². The third kappa shape index (κ3) is 3.57. The van der Waals surface area contributed by atoms with Gasteiger partial charge in [-0.3, -0.25) is 9.59 Å². The first-order valence-corrected chi connectivity index (χ1v) is 8.39. The summed E-state index contributed by atoms with van der Waals surface area (Å²) in [4.78, 5) is 24.4. The van der Waals surface area contributed by atoms with Crippen LogP contribution in [-0.4, -0.2) is 29.6 Å². The van der Waals surface area contributed by atoms with Crippen LogP contribution in [0.1, 0.15) is 25.7 Å². The molecule has 0 spiro atoms. The van der Waals surface area contributed by atoms with Gasteiger partial charge in [0.05, 0.1) is 0 Å². The van der Waals surface area contributed by atoms with Gasteiger partial charge in [0.25, 0.3) is 0 Å². The molecule has 1 aliphatic carbocycles. The van der Waals surface area contributed by atoms with E-state index in [1.165, 1.54) is 0 Å². The molecule has 2 unspecified atom stereocenters. The van der Waals surface area contributed by atoms with Crippen molar-refractivity contribution in [3.05, 3.63) is 42.5 Å². The fraction of sp³-hybridized carbons (Fsp3) is 0.368. The summed E-state index contributed by atoms with van der Waals surface area (Å²) in [5.41, 5.74) is 0.621. The molecule has 2 aromatic carbocycles. The summed E-state index contributed by atoms with van der Waals surface area (Å²) in [6, 6.07) is 13.1. The molecule has 2 atom stereocenters. The molecule has 3 N–H and O–H groups in total. The number of fused-ring (bicyclic) bond motifs is 1.